The van der Waals surface area contributed by atoms with Crippen LogP contribution in [0.3, 0.4) is 0 Å². The van der Waals surface area contributed by atoms with Crippen molar-refractivity contribution < 1.29 is 13.2 Å². The summed E-state index contributed by atoms with van der Waals surface area (Å²) in [6.45, 7) is 2.67. The predicted octanol–water partition coefficient (Wildman–Crippen LogP) is 2.09. The van der Waals surface area contributed by atoms with Crippen LogP contribution in [-0.2, 0) is 20.3 Å². The maximum atomic E-state index is 12.0. The third-order valence-electron chi connectivity index (χ3n) is 2.93. The molecule has 0 radical (unpaired) electrons. The van der Waals surface area contributed by atoms with E-state index in [1.165, 1.54) is 0 Å². The summed E-state index contributed by atoms with van der Waals surface area (Å²) in [6.07, 6.45) is 1.75. The van der Waals surface area contributed by atoms with E-state index < -0.39 is 9.84 Å². The number of hydrogen-bond donors (Lipinski definition) is 0. The highest BCUT2D eigenvalue weighted by Crippen LogP contribution is 2.17. The number of rotatable bonds is 4. The molecule has 1 atom stereocenters. The van der Waals surface area contributed by atoms with E-state index in [0.29, 0.717) is 6.61 Å². The Morgan fingerprint density at radius 3 is 2.88 bits per heavy atom. The van der Waals surface area contributed by atoms with E-state index in [4.69, 9.17) is 4.74 Å². The first-order chi connectivity index (χ1) is 8.05. The lowest BCUT2D eigenvalue weighted by molar-refractivity contribution is 0.127. The summed E-state index contributed by atoms with van der Waals surface area (Å²) in [5, 5.41) is 0. The molecule has 0 N–H and O–H groups in total. The molecule has 0 spiro atoms. The van der Waals surface area contributed by atoms with E-state index in [1.807, 2.05) is 31.2 Å². The average Bonchev–Trinajstić information content (AvgIpc) is 2.68. The molecule has 0 aliphatic carbocycles. The molecule has 2 rings (SSSR count). The molecule has 0 aromatic heterocycles. The summed E-state index contributed by atoms with van der Waals surface area (Å²) in [7, 11) is -3.06. The van der Waals surface area contributed by atoms with Crippen molar-refractivity contribution in [3.63, 3.8) is 0 Å². The van der Waals surface area contributed by atoms with Crippen LogP contribution in [0.5, 0.6) is 0 Å². The minimum absolute atomic E-state index is 0.0928. The summed E-state index contributed by atoms with van der Waals surface area (Å²) >= 11 is 0. The van der Waals surface area contributed by atoms with Crippen LogP contribution in [0, 0.1) is 6.92 Å². The summed E-state index contributed by atoms with van der Waals surface area (Å²) in [6, 6.07) is 7.65. The fourth-order valence-electron chi connectivity index (χ4n) is 2.17. The zero-order valence-electron chi connectivity index (χ0n) is 10.1. The van der Waals surface area contributed by atoms with Crippen LogP contribution in [-0.4, -0.2) is 26.9 Å². The highest BCUT2D eigenvalue weighted by atomic mass is 32.2. The van der Waals surface area contributed by atoms with Crippen LogP contribution in [0.2, 0.25) is 0 Å². The lowest BCUT2D eigenvalue weighted by Gasteiger charge is -2.10. The Morgan fingerprint density at radius 2 is 2.24 bits per heavy atom. The molecule has 0 bridgehead atoms. The standard InChI is InChI=1S/C13H18O3S/c1-11-4-2-5-12(8-11)9-17(14,15)10-13-6-3-7-16-13/h2,4-5,8,13H,3,6-7,9-10H2,1H3. The highest BCUT2D eigenvalue weighted by Gasteiger charge is 2.23. The average molecular weight is 254 g/mol. The van der Waals surface area contributed by atoms with Crippen molar-refractivity contribution in [2.24, 2.45) is 0 Å². The van der Waals surface area contributed by atoms with Crippen LogP contribution in [0.1, 0.15) is 24.0 Å². The van der Waals surface area contributed by atoms with Crippen molar-refractivity contribution in [3.8, 4) is 0 Å². The summed E-state index contributed by atoms with van der Waals surface area (Å²) in [5.41, 5.74) is 1.96. The van der Waals surface area contributed by atoms with Gasteiger partial charge < -0.3 is 4.74 Å². The van der Waals surface area contributed by atoms with Gasteiger partial charge in [0.1, 0.15) is 0 Å². The van der Waals surface area contributed by atoms with Gasteiger partial charge >= 0.3 is 0 Å². The second-order valence-corrected chi connectivity index (χ2v) is 6.79. The predicted molar refractivity (Wildman–Crippen MR) is 67.6 cm³/mol. The lowest BCUT2D eigenvalue weighted by Crippen LogP contribution is -2.21. The first-order valence-electron chi connectivity index (χ1n) is 5.93. The number of hydrogen-bond acceptors (Lipinski definition) is 3. The SMILES string of the molecule is Cc1cccc(CS(=O)(=O)CC2CCCO2)c1. The van der Waals surface area contributed by atoms with Gasteiger partial charge in [-0.15, -0.1) is 0 Å². The Kier molecular flexibility index (Phi) is 3.84. The molecule has 1 unspecified atom stereocenters. The molecule has 17 heavy (non-hydrogen) atoms. The van der Waals surface area contributed by atoms with Crippen LogP contribution in [0.4, 0.5) is 0 Å². The lowest BCUT2D eigenvalue weighted by atomic mass is 10.2. The van der Waals surface area contributed by atoms with Crippen molar-refractivity contribution in [2.75, 3.05) is 12.4 Å². The van der Waals surface area contributed by atoms with E-state index >= 15 is 0 Å². The van der Waals surface area contributed by atoms with Gasteiger partial charge in [0.05, 0.1) is 17.6 Å². The van der Waals surface area contributed by atoms with Crippen molar-refractivity contribution in [3.05, 3.63) is 35.4 Å². The van der Waals surface area contributed by atoms with Crippen LogP contribution >= 0.6 is 0 Å². The van der Waals surface area contributed by atoms with Gasteiger partial charge in [-0.05, 0) is 25.3 Å². The van der Waals surface area contributed by atoms with Crippen molar-refractivity contribution >= 4 is 9.84 Å². The molecule has 1 aliphatic rings. The Balaban J connectivity index is 2.01. The van der Waals surface area contributed by atoms with Gasteiger partial charge in [-0.1, -0.05) is 29.8 Å². The minimum Gasteiger partial charge on any atom is -0.377 e. The van der Waals surface area contributed by atoms with Crippen molar-refractivity contribution in [1.29, 1.82) is 0 Å². The van der Waals surface area contributed by atoms with Gasteiger partial charge in [0, 0.05) is 6.61 Å². The maximum absolute atomic E-state index is 12.0. The van der Waals surface area contributed by atoms with Crippen molar-refractivity contribution in [2.45, 2.75) is 31.6 Å². The minimum atomic E-state index is -3.06. The number of sulfone groups is 1. The highest BCUT2D eigenvalue weighted by molar-refractivity contribution is 7.90. The third kappa shape index (κ3) is 3.82. The molecule has 1 aliphatic heterocycles. The molecular weight excluding hydrogens is 236 g/mol. The number of ether oxygens (including phenoxy) is 1. The second kappa shape index (κ2) is 5.19. The van der Waals surface area contributed by atoms with Gasteiger partial charge in [0.2, 0.25) is 0 Å². The van der Waals surface area contributed by atoms with E-state index in [0.717, 1.165) is 24.0 Å². The zero-order chi connectivity index (χ0) is 12.3. The molecule has 1 fully saturated rings. The van der Waals surface area contributed by atoms with Crippen LogP contribution in [0.25, 0.3) is 0 Å². The summed E-state index contributed by atoms with van der Waals surface area (Å²) in [4.78, 5) is 0. The van der Waals surface area contributed by atoms with Gasteiger partial charge in [0.25, 0.3) is 0 Å². The summed E-state index contributed by atoms with van der Waals surface area (Å²) < 4.78 is 29.3. The molecule has 1 heterocycles. The molecule has 1 saturated heterocycles. The van der Waals surface area contributed by atoms with Gasteiger partial charge in [-0.3, -0.25) is 0 Å². The van der Waals surface area contributed by atoms with E-state index in [9.17, 15) is 8.42 Å². The first kappa shape index (κ1) is 12.6. The number of aryl methyl sites for hydroxylation is 1. The maximum Gasteiger partial charge on any atom is 0.156 e. The molecular formula is C13H18O3S. The Labute approximate surface area is 103 Å². The molecule has 0 saturated carbocycles. The molecule has 94 valence electrons. The summed E-state index contributed by atoms with van der Waals surface area (Å²) in [5.74, 6) is 0.273. The van der Waals surface area contributed by atoms with Crippen LogP contribution in [0.15, 0.2) is 24.3 Å². The van der Waals surface area contributed by atoms with E-state index in [1.54, 1.807) is 0 Å². The van der Waals surface area contributed by atoms with Gasteiger partial charge in [-0.2, -0.15) is 0 Å². The monoisotopic (exact) mass is 254 g/mol. The largest absolute Gasteiger partial charge is 0.377 e. The van der Waals surface area contributed by atoms with Gasteiger partial charge in [0.15, 0.2) is 9.84 Å². The van der Waals surface area contributed by atoms with Crippen LogP contribution < -0.4 is 0 Å². The van der Waals surface area contributed by atoms with Crippen molar-refractivity contribution in [1.82, 2.24) is 0 Å². The topological polar surface area (TPSA) is 43.4 Å². The Bertz CT molecular complexity index is 473. The normalized spacial score (nSPS) is 20.6. The first-order valence-corrected chi connectivity index (χ1v) is 7.75. The third-order valence-corrected chi connectivity index (χ3v) is 4.59. The molecule has 0 amide bonds. The molecule has 4 heteroatoms. The second-order valence-electron chi connectivity index (χ2n) is 4.68. The Morgan fingerprint density at radius 1 is 1.41 bits per heavy atom. The molecule has 1 aromatic carbocycles. The fraction of sp³-hybridized carbons (Fsp3) is 0.538. The molecule has 1 aromatic rings. The Hall–Kier alpha value is -0.870. The smallest absolute Gasteiger partial charge is 0.156 e. The molecule has 3 nitrogen and oxygen atoms in total. The van der Waals surface area contributed by atoms with E-state index in [2.05, 4.69) is 0 Å². The zero-order valence-corrected chi connectivity index (χ0v) is 10.9. The van der Waals surface area contributed by atoms with Gasteiger partial charge in [-0.25, -0.2) is 8.42 Å². The fourth-order valence-corrected chi connectivity index (χ4v) is 3.81. The quantitative estimate of drug-likeness (QED) is 0.826. The van der Waals surface area contributed by atoms with E-state index in [-0.39, 0.29) is 17.6 Å². The number of benzene rings is 1.